The number of nitrogens with zero attached hydrogens (tertiary/aromatic N) is 1. The van der Waals surface area contributed by atoms with Gasteiger partial charge < -0.3 is 4.74 Å². The molecule has 1 N–H and O–H groups in total. The van der Waals surface area contributed by atoms with Crippen molar-refractivity contribution in [1.29, 1.82) is 0 Å². The monoisotopic (exact) mass is 346 g/mol. The SMILES string of the molecule is COC(=O)c1ccc(/C=N\NS(=O)(=O)c2cc(C)ccc2C)cc1. The van der Waals surface area contributed by atoms with Gasteiger partial charge in [0.2, 0.25) is 0 Å². The molecule has 0 atom stereocenters. The molecule has 0 saturated carbocycles. The first-order valence-electron chi connectivity index (χ1n) is 7.14. The summed E-state index contributed by atoms with van der Waals surface area (Å²) in [5.74, 6) is -0.436. The number of hydrazone groups is 1. The van der Waals surface area contributed by atoms with Crippen molar-refractivity contribution in [3.8, 4) is 0 Å². The first-order valence-corrected chi connectivity index (χ1v) is 8.62. The molecule has 126 valence electrons. The number of rotatable bonds is 5. The van der Waals surface area contributed by atoms with E-state index in [0.717, 1.165) is 5.56 Å². The number of carbonyl (C=O) groups is 1. The minimum Gasteiger partial charge on any atom is -0.465 e. The molecule has 0 saturated heterocycles. The van der Waals surface area contributed by atoms with E-state index in [1.165, 1.54) is 13.3 Å². The maximum absolute atomic E-state index is 12.3. The molecule has 0 bridgehead atoms. The molecule has 7 heteroatoms. The van der Waals surface area contributed by atoms with E-state index >= 15 is 0 Å². The van der Waals surface area contributed by atoms with E-state index in [9.17, 15) is 13.2 Å². The molecule has 2 aromatic rings. The van der Waals surface area contributed by atoms with Gasteiger partial charge in [0.05, 0.1) is 23.8 Å². The number of hydrogen-bond acceptors (Lipinski definition) is 5. The number of sulfonamides is 1. The van der Waals surface area contributed by atoms with Gasteiger partial charge >= 0.3 is 5.97 Å². The fraction of sp³-hybridized carbons (Fsp3) is 0.176. The van der Waals surface area contributed by atoms with Crippen LogP contribution in [0.1, 0.15) is 27.0 Å². The molecule has 0 aromatic heterocycles. The van der Waals surface area contributed by atoms with Crippen LogP contribution in [-0.2, 0) is 14.8 Å². The number of hydrogen-bond donors (Lipinski definition) is 1. The molecule has 0 aliphatic rings. The summed E-state index contributed by atoms with van der Waals surface area (Å²) in [4.78, 5) is 13.7. The van der Waals surface area contributed by atoms with Crippen LogP contribution in [0.5, 0.6) is 0 Å². The summed E-state index contributed by atoms with van der Waals surface area (Å²) in [6, 6.07) is 11.6. The van der Waals surface area contributed by atoms with Crippen LogP contribution < -0.4 is 4.83 Å². The fourth-order valence-corrected chi connectivity index (χ4v) is 3.16. The Kier molecular flexibility index (Phi) is 5.35. The molecule has 0 aliphatic heterocycles. The summed E-state index contributed by atoms with van der Waals surface area (Å²) in [7, 11) is -2.43. The van der Waals surface area contributed by atoms with Crippen molar-refractivity contribution in [2.24, 2.45) is 5.10 Å². The first kappa shape index (κ1) is 17.7. The van der Waals surface area contributed by atoms with E-state index < -0.39 is 16.0 Å². The van der Waals surface area contributed by atoms with Crippen LogP contribution in [0, 0.1) is 13.8 Å². The summed E-state index contributed by atoms with van der Waals surface area (Å²) in [6.45, 7) is 3.55. The van der Waals surface area contributed by atoms with E-state index in [1.807, 2.05) is 13.0 Å². The largest absolute Gasteiger partial charge is 0.465 e. The Morgan fingerprint density at radius 2 is 1.79 bits per heavy atom. The number of ether oxygens (including phenoxy) is 1. The van der Waals surface area contributed by atoms with Gasteiger partial charge in [-0.3, -0.25) is 0 Å². The number of esters is 1. The first-order chi connectivity index (χ1) is 11.3. The lowest BCUT2D eigenvalue weighted by atomic mass is 10.1. The van der Waals surface area contributed by atoms with Crippen LogP contribution in [0.4, 0.5) is 0 Å². The predicted octanol–water partition coefficient (Wildman–Crippen LogP) is 2.40. The third kappa shape index (κ3) is 4.20. The number of benzene rings is 2. The number of nitrogens with one attached hydrogen (secondary N) is 1. The highest BCUT2D eigenvalue weighted by Crippen LogP contribution is 2.16. The molecular weight excluding hydrogens is 328 g/mol. The fourth-order valence-electron chi connectivity index (χ4n) is 2.04. The summed E-state index contributed by atoms with van der Waals surface area (Å²) in [5.41, 5.74) is 2.55. The summed E-state index contributed by atoms with van der Waals surface area (Å²) >= 11 is 0. The van der Waals surface area contributed by atoms with Gasteiger partial charge in [0.15, 0.2) is 0 Å². The van der Waals surface area contributed by atoms with E-state index in [1.54, 1.807) is 43.3 Å². The summed E-state index contributed by atoms with van der Waals surface area (Å²) < 4.78 is 29.2. The van der Waals surface area contributed by atoms with Gasteiger partial charge in [0.1, 0.15) is 0 Å². The van der Waals surface area contributed by atoms with E-state index in [-0.39, 0.29) is 4.90 Å². The van der Waals surface area contributed by atoms with Gasteiger partial charge in [0, 0.05) is 0 Å². The Bertz CT molecular complexity index is 872. The quantitative estimate of drug-likeness (QED) is 0.512. The minimum atomic E-state index is -3.73. The third-order valence-corrected chi connectivity index (χ3v) is 4.72. The number of carbonyl (C=O) groups excluding carboxylic acids is 1. The molecule has 0 spiro atoms. The topological polar surface area (TPSA) is 84.8 Å². The van der Waals surface area contributed by atoms with Crippen molar-refractivity contribution in [3.63, 3.8) is 0 Å². The average molecular weight is 346 g/mol. The second-order valence-corrected chi connectivity index (χ2v) is 6.86. The molecule has 0 unspecified atom stereocenters. The Morgan fingerprint density at radius 3 is 2.42 bits per heavy atom. The van der Waals surface area contributed by atoms with Gasteiger partial charge in [-0.25, -0.2) is 9.63 Å². The normalized spacial score (nSPS) is 11.5. The number of aryl methyl sites for hydroxylation is 2. The molecule has 0 radical (unpaired) electrons. The van der Waals surface area contributed by atoms with E-state index in [2.05, 4.69) is 14.7 Å². The highest BCUT2D eigenvalue weighted by atomic mass is 32.2. The zero-order chi connectivity index (χ0) is 17.7. The highest BCUT2D eigenvalue weighted by molar-refractivity contribution is 7.89. The maximum Gasteiger partial charge on any atom is 0.337 e. The third-order valence-electron chi connectivity index (χ3n) is 3.35. The second kappa shape index (κ2) is 7.27. The molecule has 0 aliphatic carbocycles. The molecule has 24 heavy (non-hydrogen) atoms. The molecule has 2 aromatic carbocycles. The molecule has 0 heterocycles. The molecule has 0 fully saturated rings. The smallest absolute Gasteiger partial charge is 0.337 e. The highest BCUT2D eigenvalue weighted by Gasteiger charge is 2.15. The van der Waals surface area contributed by atoms with Crippen molar-refractivity contribution in [2.45, 2.75) is 18.7 Å². The zero-order valence-electron chi connectivity index (χ0n) is 13.6. The lowest BCUT2D eigenvalue weighted by Crippen LogP contribution is -2.19. The van der Waals surface area contributed by atoms with Crippen LogP contribution >= 0.6 is 0 Å². The Labute approximate surface area is 141 Å². The van der Waals surface area contributed by atoms with Gasteiger partial charge in [-0.15, -0.1) is 0 Å². The maximum atomic E-state index is 12.3. The second-order valence-electron chi connectivity index (χ2n) is 5.24. The van der Waals surface area contributed by atoms with Crippen molar-refractivity contribution >= 4 is 22.2 Å². The van der Waals surface area contributed by atoms with Crippen LogP contribution in [0.25, 0.3) is 0 Å². The van der Waals surface area contributed by atoms with Gasteiger partial charge in [-0.05, 0) is 48.7 Å². The predicted molar refractivity (Wildman–Crippen MR) is 91.6 cm³/mol. The lowest BCUT2D eigenvalue weighted by molar-refractivity contribution is 0.0600. The molecular formula is C17H18N2O4S. The van der Waals surface area contributed by atoms with E-state index in [0.29, 0.717) is 16.7 Å². The van der Waals surface area contributed by atoms with Crippen molar-refractivity contribution in [2.75, 3.05) is 7.11 Å². The van der Waals surface area contributed by atoms with Crippen molar-refractivity contribution in [3.05, 3.63) is 64.7 Å². The van der Waals surface area contributed by atoms with E-state index in [4.69, 9.17) is 0 Å². The van der Waals surface area contributed by atoms with Crippen molar-refractivity contribution in [1.82, 2.24) is 4.83 Å². The van der Waals surface area contributed by atoms with Crippen LogP contribution in [0.3, 0.4) is 0 Å². The molecule has 0 amide bonds. The molecule has 2 rings (SSSR count). The Hall–Kier alpha value is -2.67. The summed E-state index contributed by atoms with van der Waals surface area (Å²) in [5, 5.41) is 3.78. The van der Waals surface area contributed by atoms with Gasteiger partial charge in [-0.1, -0.05) is 24.3 Å². The Morgan fingerprint density at radius 1 is 1.12 bits per heavy atom. The van der Waals surface area contributed by atoms with Crippen molar-refractivity contribution < 1.29 is 17.9 Å². The van der Waals surface area contributed by atoms with Crippen LogP contribution in [0.2, 0.25) is 0 Å². The minimum absolute atomic E-state index is 0.195. The van der Waals surface area contributed by atoms with Crippen LogP contribution in [0.15, 0.2) is 52.5 Å². The Balaban J connectivity index is 2.13. The van der Waals surface area contributed by atoms with Gasteiger partial charge in [-0.2, -0.15) is 13.5 Å². The summed E-state index contributed by atoms with van der Waals surface area (Å²) in [6.07, 6.45) is 1.36. The van der Waals surface area contributed by atoms with Gasteiger partial charge in [0.25, 0.3) is 10.0 Å². The zero-order valence-corrected chi connectivity index (χ0v) is 14.4. The molecule has 6 nitrogen and oxygen atoms in total. The van der Waals surface area contributed by atoms with Crippen LogP contribution in [-0.4, -0.2) is 27.7 Å². The number of methoxy groups -OCH3 is 1. The average Bonchev–Trinajstić information content (AvgIpc) is 2.56. The lowest BCUT2D eigenvalue weighted by Gasteiger charge is -2.07. The standard InChI is InChI=1S/C17H18N2O4S/c1-12-4-5-13(2)16(10-12)24(21,22)19-18-11-14-6-8-15(9-7-14)17(20)23-3/h4-11,19H,1-3H3/b18-11-.